The van der Waals surface area contributed by atoms with Gasteiger partial charge in [0, 0.05) is 24.1 Å². The van der Waals surface area contributed by atoms with Gasteiger partial charge < -0.3 is 16.5 Å². The maximum atomic E-state index is 5.55. The molecule has 1 fully saturated rings. The molecule has 0 spiro atoms. The molecule has 1 heterocycles. The van der Waals surface area contributed by atoms with E-state index in [2.05, 4.69) is 12.0 Å². The third-order valence-corrected chi connectivity index (χ3v) is 2.83. The lowest BCUT2D eigenvalue weighted by Crippen LogP contribution is -2.45. The Morgan fingerprint density at radius 2 is 2.45 bits per heavy atom. The normalized spacial score (nSPS) is 27.2. The Bertz CT molecular complexity index is 159. The maximum Gasteiger partial charge on any atom is 0.213 e. The molecule has 1 atom stereocenters. The standard InChI is InChI=1S/C6H14N4S/c1-5-4-10(2-3-11-5)6(7)9-8/h5H,2-4,8H2,1H3,(H2,7,9). The largest absolute Gasteiger partial charge is 0.368 e. The molecule has 5 heteroatoms. The van der Waals surface area contributed by atoms with Gasteiger partial charge in [-0.05, 0) is 0 Å². The quantitative estimate of drug-likeness (QED) is 0.227. The molecule has 1 saturated heterocycles. The first-order valence-electron chi connectivity index (χ1n) is 3.64. The zero-order chi connectivity index (χ0) is 8.27. The molecule has 64 valence electrons. The van der Waals surface area contributed by atoms with Crippen molar-refractivity contribution in [2.75, 3.05) is 18.8 Å². The molecule has 0 aromatic carbocycles. The van der Waals surface area contributed by atoms with E-state index in [-0.39, 0.29) is 0 Å². The van der Waals surface area contributed by atoms with E-state index >= 15 is 0 Å². The zero-order valence-electron chi connectivity index (χ0n) is 6.66. The van der Waals surface area contributed by atoms with Crippen molar-refractivity contribution in [3.63, 3.8) is 0 Å². The van der Waals surface area contributed by atoms with Gasteiger partial charge in [-0.1, -0.05) is 6.92 Å². The number of nitrogens with two attached hydrogens (primary N) is 2. The molecule has 4 N–H and O–H groups in total. The minimum Gasteiger partial charge on any atom is -0.368 e. The first kappa shape index (κ1) is 8.52. The summed E-state index contributed by atoms with van der Waals surface area (Å²) in [5.74, 6) is 6.63. The van der Waals surface area contributed by atoms with Crippen LogP contribution in [0.5, 0.6) is 0 Å². The lowest BCUT2D eigenvalue weighted by atomic mass is 10.4. The summed E-state index contributed by atoms with van der Waals surface area (Å²) in [6, 6.07) is 0. The third kappa shape index (κ3) is 2.18. The van der Waals surface area contributed by atoms with Crippen molar-refractivity contribution in [2.45, 2.75) is 12.2 Å². The monoisotopic (exact) mass is 174 g/mol. The molecular weight excluding hydrogens is 160 g/mol. The van der Waals surface area contributed by atoms with Gasteiger partial charge in [-0.3, -0.25) is 0 Å². The smallest absolute Gasteiger partial charge is 0.213 e. The van der Waals surface area contributed by atoms with Gasteiger partial charge in [0.05, 0.1) is 0 Å². The Morgan fingerprint density at radius 1 is 1.73 bits per heavy atom. The maximum absolute atomic E-state index is 5.55. The summed E-state index contributed by atoms with van der Waals surface area (Å²) in [7, 11) is 0. The summed E-state index contributed by atoms with van der Waals surface area (Å²) in [6.45, 7) is 4.10. The summed E-state index contributed by atoms with van der Waals surface area (Å²) in [5.41, 5.74) is 5.55. The number of guanidine groups is 1. The lowest BCUT2D eigenvalue weighted by Gasteiger charge is -2.30. The highest BCUT2D eigenvalue weighted by Gasteiger charge is 2.17. The Balaban J connectivity index is 2.46. The topological polar surface area (TPSA) is 67.6 Å². The predicted octanol–water partition coefficient (Wildman–Crippen LogP) is -0.388. The van der Waals surface area contributed by atoms with Crippen LogP contribution in [0.1, 0.15) is 6.92 Å². The fourth-order valence-corrected chi connectivity index (χ4v) is 2.12. The second kappa shape index (κ2) is 3.71. The van der Waals surface area contributed by atoms with Crippen LogP contribution in [-0.2, 0) is 0 Å². The van der Waals surface area contributed by atoms with Gasteiger partial charge in [-0.2, -0.15) is 11.8 Å². The van der Waals surface area contributed by atoms with Crippen molar-refractivity contribution in [1.82, 2.24) is 4.90 Å². The van der Waals surface area contributed by atoms with Crippen molar-refractivity contribution in [1.29, 1.82) is 0 Å². The summed E-state index contributed by atoms with van der Waals surface area (Å²) >= 11 is 1.96. The fraction of sp³-hybridized carbons (Fsp3) is 0.833. The first-order chi connectivity index (χ1) is 5.24. The molecule has 1 aliphatic rings. The van der Waals surface area contributed by atoms with Gasteiger partial charge >= 0.3 is 0 Å². The third-order valence-electron chi connectivity index (χ3n) is 1.70. The summed E-state index contributed by atoms with van der Waals surface area (Å²) in [4.78, 5) is 2.02. The lowest BCUT2D eigenvalue weighted by molar-refractivity contribution is 0.429. The zero-order valence-corrected chi connectivity index (χ0v) is 7.47. The minimum absolute atomic E-state index is 0.456. The number of thioether (sulfide) groups is 1. The Labute approximate surface area is 71.0 Å². The van der Waals surface area contributed by atoms with E-state index in [1.165, 1.54) is 0 Å². The Hall–Kier alpha value is -0.580. The van der Waals surface area contributed by atoms with Gasteiger partial charge in [0.15, 0.2) is 0 Å². The molecule has 0 amide bonds. The molecule has 11 heavy (non-hydrogen) atoms. The number of hydrazone groups is 1. The first-order valence-corrected chi connectivity index (χ1v) is 4.69. The van der Waals surface area contributed by atoms with Crippen LogP contribution in [0.4, 0.5) is 0 Å². The van der Waals surface area contributed by atoms with E-state index in [9.17, 15) is 0 Å². The summed E-state index contributed by atoms with van der Waals surface area (Å²) in [6.07, 6.45) is 0. The van der Waals surface area contributed by atoms with E-state index in [1.807, 2.05) is 16.7 Å². The molecule has 1 aliphatic heterocycles. The molecule has 0 aliphatic carbocycles. The average Bonchev–Trinajstić information content (AvgIpc) is 2.03. The van der Waals surface area contributed by atoms with Crippen LogP contribution in [0, 0.1) is 0 Å². The van der Waals surface area contributed by atoms with Gasteiger partial charge in [0.1, 0.15) is 0 Å². The van der Waals surface area contributed by atoms with Crippen LogP contribution in [-0.4, -0.2) is 35.0 Å². The van der Waals surface area contributed by atoms with E-state index < -0.39 is 0 Å². The number of nitrogens with zero attached hydrogens (tertiary/aromatic N) is 2. The van der Waals surface area contributed by atoms with Gasteiger partial charge in [0.25, 0.3) is 0 Å². The summed E-state index contributed by atoms with van der Waals surface area (Å²) in [5, 5.41) is 4.09. The molecule has 0 bridgehead atoms. The fourth-order valence-electron chi connectivity index (χ4n) is 1.11. The second-order valence-electron chi connectivity index (χ2n) is 2.61. The van der Waals surface area contributed by atoms with Crippen molar-refractivity contribution in [3.05, 3.63) is 0 Å². The van der Waals surface area contributed by atoms with Crippen LogP contribution in [0.25, 0.3) is 0 Å². The second-order valence-corrected chi connectivity index (χ2v) is 4.16. The van der Waals surface area contributed by atoms with Gasteiger partial charge in [-0.15, -0.1) is 5.10 Å². The molecule has 0 radical (unpaired) electrons. The Kier molecular flexibility index (Phi) is 2.87. The van der Waals surface area contributed by atoms with Crippen LogP contribution >= 0.6 is 11.8 Å². The average molecular weight is 174 g/mol. The summed E-state index contributed by atoms with van der Waals surface area (Å²) < 4.78 is 0. The van der Waals surface area contributed by atoms with Crippen molar-refractivity contribution in [2.24, 2.45) is 16.7 Å². The van der Waals surface area contributed by atoms with E-state index in [4.69, 9.17) is 11.6 Å². The molecule has 0 aromatic rings. The van der Waals surface area contributed by atoms with Crippen molar-refractivity contribution in [3.8, 4) is 0 Å². The molecule has 0 aromatic heterocycles. The van der Waals surface area contributed by atoms with Crippen LogP contribution in [0.15, 0.2) is 5.10 Å². The van der Waals surface area contributed by atoms with Crippen LogP contribution < -0.4 is 11.6 Å². The van der Waals surface area contributed by atoms with Crippen molar-refractivity contribution < 1.29 is 0 Å². The van der Waals surface area contributed by atoms with Gasteiger partial charge in [-0.25, -0.2) is 0 Å². The van der Waals surface area contributed by atoms with E-state index in [1.54, 1.807) is 0 Å². The molecular formula is C6H14N4S. The molecule has 1 unspecified atom stereocenters. The number of rotatable bonds is 0. The Morgan fingerprint density at radius 3 is 3.00 bits per heavy atom. The SMILES string of the molecule is CC1CN(C(N)=NN)CCS1. The predicted molar refractivity (Wildman–Crippen MR) is 49.3 cm³/mol. The number of hydrogen-bond donors (Lipinski definition) is 2. The minimum atomic E-state index is 0.456. The van der Waals surface area contributed by atoms with E-state index in [0.717, 1.165) is 18.8 Å². The molecule has 1 rings (SSSR count). The highest BCUT2D eigenvalue weighted by atomic mass is 32.2. The van der Waals surface area contributed by atoms with Gasteiger partial charge in [0.2, 0.25) is 5.96 Å². The van der Waals surface area contributed by atoms with Crippen molar-refractivity contribution >= 4 is 17.7 Å². The van der Waals surface area contributed by atoms with Crippen LogP contribution in [0.2, 0.25) is 0 Å². The van der Waals surface area contributed by atoms with E-state index in [0.29, 0.717) is 11.2 Å². The highest BCUT2D eigenvalue weighted by Crippen LogP contribution is 2.16. The highest BCUT2D eigenvalue weighted by molar-refractivity contribution is 7.99. The number of hydrogen-bond acceptors (Lipinski definition) is 3. The molecule has 0 saturated carbocycles. The van der Waals surface area contributed by atoms with Crippen LogP contribution in [0.3, 0.4) is 0 Å². The molecule has 4 nitrogen and oxygen atoms in total.